The van der Waals surface area contributed by atoms with E-state index in [-0.39, 0.29) is 34.6 Å². The number of hydrogen-bond acceptors (Lipinski definition) is 8. The number of aromatic hydroxyl groups is 1. The summed E-state index contributed by atoms with van der Waals surface area (Å²) in [7, 11) is -5.12. The van der Waals surface area contributed by atoms with E-state index in [1.54, 1.807) is 30.3 Å². The fourth-order valence-electron chi connectivity index (χ4n) is 3.01. The summed E-state index contributed by atoms with van der Waals surface area (Å²) in [4.78, 5) is 12.5. The van der Waals surface area contributed by atoms with Crippen molar-refractivity contribution in [1.29, 1.82) is 0 Å². The molecule has 8 nitrogen and oxygen atoms in total. The predicted molar refractivity (Wildman–Crippen MR) is 111 cm³/mol. The van der Waals surface area contributed by atoms with Gasteiger partial charge in [-0.15, -0.1) is 0 Å². The molecule has 0 bridgehead atoms. The van der Waals surface area contributed by atoms with E-state index in [1.165, 1.54) is 18.2 Å². The van der Waals surface area contributed by atoms with Gasteiger partial charge >= 0.3 is 0 Å². The monoisotopic (exact) mass is 439 g/mol. The minimum Gasteiger partial charge on any atom is -0.716 e. The van der Waals surface area contributed by atoms with E-state index in [9.17, 15) is 22.9 Å². The van der Waals surface area contributed by atoms with Crippen molar-refractivity contribution in [3.05, 3.63) is 88.6 Å². The van der Waals surface area contributed by atoms with E-state index < -0.39 is 27.3 Å². The maximum atomic E-state index is 12.5. The second-order valence-corrected chi connectivity index (χ2v) is 7.52. The average molecular weight is 439 g/mol. The van der Waals surface area contributed by atoms with Gasteiger partial charge in [-0.25, -0.2) is 8.42 Å². The van der Waals surface area contributed by atoms with Crippen LogP contribution in [0.3, 0.4) is 0 Å². The Morgan fingerprint density at radius 3 is 2.39 bits per heavy atom. The predicted octanol–water partition coefficient (Wildman–Crippen LogP) is 3.58. The molecule has 1 heterocycles. The Morgan fingerprint density at radius 1 is 0.935 bits per heavy atom. The topological polar surface area (TPSA) is 126 Å². The maximum absolute atomic E-state index is 12.5. The van der Waals surface area contributed by atoms with Gasteiger partial charge in [-0.3, -0.25) is 4.79 Å². The van der Waals surface area contributed by atoms with E-state index in [2.05, 4.69) is 4.18 Å². The number of rotatable bonds is 6. The molecule has 0 aliphatic heterocycles. The quantitative estimate of drug-likeness (QED) is 0.357. The van der Waals surface area contributed by atoms with Crippen LogP contribution in [-0.2, 0) is 17.0 Å². The highest BCUT2D eigenvalue weighted by molar-refractivity contribution is 7.81. The molecular weight excluding hydrogens is 424 g/mol. The molecule has 0 spiro atoms. The summed E-state index contributed by atoms with van der Waals surface area (Å²) in [5, 5.41) is 10.5. The van der Waals surface area contributed by atoms with Gasteiger partial charge in [0, 0.05) is 5.56 Å². The van der Waals surface area contributed by atoms with Gasteiger partial charge in [0.25, 0.3) is 10.4 Å². The Hall–Kier alpha value is -3.82. The second kappa shape index (κ2) is 8.13. The van der Waals surface area contributed by atoms with Crippen molar-refractivity contribution in [3.8, 4) is 28.6 Å². The molecule has 0 saturated carbocycles. The summed E-state index contributed by atoms with van der Waals surface area (Å²) >= 11 is 0. The van der Waals surface area contributed by atoms with Crippen LogP contribution in [0.1, 0.15) is 5.56 Å². The first kappa shape index (κ1) is 20.5. The third-order valence-electron chi connectivity index (χ3n) is 4.41. The first-order valence-electron chi connectivity index (χ1n) is 9.03. The maximum Gasteiger partial charge on any atom is 0.262 e. The molecule has 158 valence electrons. The molecule has 0 atom stereocenters. The standard InChI is InChI=1S/C22H16O8S/c23-20-16-8-4-5-9-17(16)29-22(21(20)24)15-10-11-18(19(12-15)30-31(25,26)27)28-13-14-6-2-1-3-7-14/h1-12,24H,13H2,(H,25,26,27)/p-1. The Balaban J connectivity index is 1.77. The van der Waals surface area contributed by atoms with Crippen LogP contribution >= 0.6 is 0 Å². The molecule has 31 heavy (non-hydrogen) atoms. The van der Waals surface area contributed by atoms with Crippen LogP contribution in [0.5, 0.6) is 17.2 Å². The fraction of sp³-hybridized carbons (Fsp3) is 0.0455. The molecule has 1 N–H and O–H groups in total. The zero-order chi connectivity index (χ0) is 22.0. The van der Waals surface area contributed by atoms with Crippen LogP contribution < -0.4 is 14.3 Å². The first-order chi connectivity index (χ1) is 14.8. The lowest BCUT2D eigenvalue weighted by molar-refractivity contribution is 0.291. The average Bonchev–Trinajstić information content (AvgIpc) is 2.75. The molecule has 1 aromatic heterocycles. The van der Waals surface area contributed by atoms with Crippen molar-refractivity contribution >= 4 is 21.4 Å². The lowest BCUT2D eigenvalue weighted by atomic mass is 10.1. The smallest absolute Gasteiger partial charge is 0.262 e. The fourth-order valence-corrected chi connectivity index (χ4v) is 3.36. The molecule has 4 rings (SSSR count). The molecule has 0 saturated heterocycles. The Kier molecular flexibility index (Phi) is 5.37. The summed E-state index contributed by atoms with van der Waals surface area (Å²) in [6.45, 7) is 0.0890. The van der Waals surface area contributed by atoms with Crippen molar-refractivity contribution in [2.45, 2.75) is 6.61 Å². The zero-order valence-electron chi connectivity index (χ0n) is 15.8. The molecule has 0 unspecified atom stereocenters. The number of ether oxygens (including phenoxy) is 1. The summed E-state index contributed by atoms with van der Waals surface area (Å²) in [6, 6.07) is 19.3. The Morgan fingerprint density at radius 2 is 1.65 bits per heavy atom. The van der Waals surface area contributed by atoms with E-state index >= 15 is 0 Å². The van der Waals surface area contributed by atoms with Crippen LogP contribution in [0, 0.1) is 0 Å². The van der Waals surface area contributed by atoms with Crippen molar-refractivity contribution in [2.75, 3.05) is 0 Å². The van der Waals surface area contributed by atoms with E-state index in [0.29, 0.717) is 0 Å². The van der Waals surface area contributed by atoms with Gasteiger partial charge in [0.1, 0.15) is 12.2 Å². The molecule has 0 aliphatic carbocycles. The van der Waals surface area contributed by atoms with Crippen molar-refractivity contribution in [2.24, 2.45) is 0 Å². The lowest BCUT2D eigenvalue weighted by Gasteiger charge is -2.15. The number of para-hydroxylation sites is 1. The van der Waals surface area contributed by atoms with Crippen LogP contribution in [0.2, 0.25) is 0 Å². The van der Waals surface area contributed by atoms with Crippen molar-refractivity contribution < 1.29 is 31.4 Å². The van der Waals surface area contributed by atoms with E-state index in [4.69, 9.17) is 9.15 Å². The molecule has 9 heteroatoms. The molecule has 0 amide bonds. The third kappa shape index (κ3) is 4.52. The van der Waals surface area contributed by atoms with Crippen LogP contribution in [-0.4, -0.2) is 18.1 Å². The second-order valence-electron chi connectivity index (χ2n) is 6.53. The molecule has 0 fully saturated rings. The SMILES string of the molecule is O=c1c(O)c(-c2ccc(OCc3ccccc3)c(OS(=O)(=O)[O-])c2)oc2ccccc12. The Labute approximate surface area is 176 Å². The lowest BCUT2D eigenvalue weighted by Crippen LogP contribution is -2.09. The number of benzene rings is 3. The minimum atomic E-state index is -5.12. The van der Waals surface area contributed by atoms with E-state index in [0.717, 1.165) is 11.6 Å². The highest BCUT2D eigenvalue weighted by Crippen LogP contribution is 2.37. The minimum absolute atomic E-state index is 0.0188. The van der Waals surface area contributed by atoms with E-state index in [1.807, 2.05) is 18.2 Å². The summed E-state index contributed by atoms with van der Waals surface area (Å²) < 4.78 is 49.4. The largest absolute Gasteiger partial charge is 0.716 e. The highest BCUT2D eigenvalue weighted by Gasteiger charge is 2.18. The van der Waals surface area contributed by atoms with Gasteiger partial charge in [0.05, 0.1) is 5.39 Å². The molecular formula is C22H15O8S-. The van der Waals surface area contributed by atoms with Gasteiger partial charge < -0.3 is 23.0 Å². The Bertz CT molecular complexity index is 1410. The highest BCUT2D eigenvalue weighted by atomic mass is 32.3. The van der Waals surface area contributed by atoms with Gasteiger partial charge in [0.2, 0.25) is 11.2 Å². The van der Waals surface area contributed by atoms with Crippen LogP contribution in [0.4, 0.5) is 0 Å². The zero-order valence-corrected chi connectivity index (χ0v) is 16.7. The summed E-state index contributed by atoms with van der Waals surface area (Å²) in [5.41, 5.74) is 0.496. The number of fused-ring (bicyclic) bond motifs is 1. The molecule has 4 aromatic rings. The molecule has 3 aromatic carbocycles. The van der Waals surface area contributed by atoms with Crippen molar-refractivity contribution in [3.63, 3.8) is 0 Å². The van der Waals surface area contributed by atoms with Crippen LogP contribution in [0.15, 0.2) is 82.0 Å². The van der Waals surface area contributed by atoms with Gasteiger partial charge in [-0.05, 0) is 35.9 Å². The van der Waals surface area contributed by atoms with Crippen molar-refractivity contribution in [1.82, 2.24) is 0 Å². The summed E-state index contributed by atoms with van der Waals surface area (Å²) in [5.74, 6) is -1.28. The normalized spacial score (nSPS) is 11.4. The number of hydrogen-bond donors (Lipinski definition) is 1. The van der Waals surface area contributed by atoms with Gasteiger partial charge in [-0.2, -0.15) is 0 Å². The third-order valence-corrected chi connectivity index (χ3v) is 4.79. The first-order valence-corrected chi connectivity index (χ1v) is 10.4. The van der Waals surface area contributed by atoms with Crippen LogP contribution in [0.25, 0.3) is 22.3 Å². The van der Waals surface area contributed by atoms with Gasteiger partial charge in [0.15, 0.2) is 17.3 Å². The van der Waals surface area contributed by atoms with Gasteiger partial charge in [-0.1, -0.05) is 42.5 Å². The summed E-state index contributed by atoms with van der Waals surface area (Å²) in [6.07, 6.45) is 0. The molecule has 0 aliphatic rings. The molecule has 0 radical (unpaired) electrons.